The van der Waals surface area contributed by atoms with Gasteiger partial charge in [0.15, 0.2) is 0 Å². The summed E-state index contributed by atoms with van der Waals surface area (Å²) in [5, 5.41) is 10.4. The third-order valence-corrected chi connectivity index (χ3v) is 1.83. The Hall–Kier alpha value is -1.57. The summed E-state index contributed by atoms with van der Waals surface area (Å²) in [7, 11) is 0. The minimum absolute atomic E-state index is 0.158. The highest BCUT2D eigenvalue weighted by Gasteiger charge is 2.25. The molecule has 0 saturated carbocycles. The van der Waals surface area contributed by atoms with Crippen LogP contribution in [0.1, 0.15) is 19.3 Å². The average Bonchev–Trinajstić information content (AvgIpc) is 2.39. The second-order valence-electron chi connectivity index (χ2n) is 2.89. The first-order valence-electron chi connectivity index (χ1n) is 4.20. The number of nitrogens with one attached hydrogen (secondary N) is 1. The molecule has 0 bridgehead atoms. The number of unbranched alkanes of at least 4 members (excludes halogenated alkanes) is 2. The maximum absolute atomic E-state index is 11.0. The molecule has 0 unspecified atom stereocenters. The lowest BCUT2D eigenvalue weighted by Crippen LogP contribution is -2.29. The summed E-state index contributed by atoms with van der Waals surface area (Å²) in [5.41, 5.74) is 0. The topological polar surface area (TPSA) is 73.2 Å². The lowest BCUT2D eigenvalue weighted by molar-refractivity contribution is -0.118. The third kappa shape index (κ3) is 2.75. The Balaban J connectivity index is 2.19. The number of nitrogens with zero attached hydrogens (tertiary/aromatic N) is 2. The number of hydrogen-bond donors (Lipinski definition) is 1. The Morgan fingerprint density at radius 1 is 1.46 bits per heavy atom. The van der Waals surface area contributed by atoms with Crippen molar-refractivity contribution in [1.82, 2.24) is 10.2 Å². The number of carbonyl (C=O) groups excluding carboxylic acids is 2. The summed E-state index contributed by atoms with van der Waals surface area (Å²) in [6.07, 6.45) is 2.05. The molecule has 0 aliphatic carbocycles. The summed E-state index contributed by atoms with van der Waals surface area (Å²) < 4.78 is 0. The van der Waals surface area contributed by atoms with E-state index in [0.29, 0.717) is 13.0 Å². The van der Waals surface area contributed by atoms with E-state index in [1.54, 1.807) is 0 Å². The van der Waals surface area contributed by atoms with E-state index in [0.717, 1.165) is 12.8 Å². The minimum Gasteiger partial charge on any atom is -0.315 e. The van der Waals surface area contributed by atoms with E-state index < -0.39 is 0 Å². The molecule has 1 aliphatic rings. The second kappa shape index (κ2) is 4.45. The van der Waals surface area contributed by atoms with E-state index in [2.05, 4.69) is 5.32 Å². The highest BCUT2D eigenvalue weighted by Crippen LogP contribution is 2.02. The SMILES string of the molecule is N#CCCCCN1CC(=O)NC1=O. The summed E-state index contributed by atoms with van der Waals surface area (Å²) in [5.74, 6) is -0.245. The van der Waals surface area contributed by atoms with Crippen molar-refractivity contribution >= 4 is 11.9 Å². The van der Waals surface area contributed by atoms with Gasteiger partial charge in [-0.05, 0) is 12.8 Å². The lowest BCUT2D eigenvalue weighted by Gasteiger charge is -2.11. The zero-order valence-electron chi connectivity index (χ0n) is 7.25. The molecular weight excluding hydrogens is 170 g/mol. The normalized spacial score (nSPS) is 15.8. The van der Waals surface area contributed by atoms with Gasteiger partial charge in [0.1, 0.15) is 6.54 Å². The van der Waals surface area contributed by atoms with Crippen LogP contribution in [0.15, 0.2) is 0 Å². The third-order valence-electron chi connectivity index (χ3n) is 1.83. The van der Waals surface area contributed by atoms with Crippen molar-refractivity contribution in [1.29, 1.82) is 5.26 Å². The number of imide groups is 1. The van der Waals surface area contributed by atoms with Gasteiger partial charge in [0.25, 0.3) is 0 Å². The molecule has 1 rings (SSSR count). The fourth-order valence-electron chi connectivity index (χ4n) is 1.17. The maximum Gasteiger partial charge on any atom is 0.324 e. The van der Waals surface area contributed by atoms with Gasteiger partial charge in [-0.3, -0.25) is 10.1 Å². The summed E-state index contributed by atoms with van der Waals surface area (Å²) in [4.78, 5) is 23.2. The number of rotatable bonds is 4. The lowest BCUT2D eigenvalue weighted by atomic mass is 10.2. The van der Waals surface area contributed by atoms with E-state index >= 15 is 0 Å². The Labute approximate surface area is 76.3 Å². The predicted molar refractivity (Wildman–Crippen MR) is 44.6 cm³/mol. The van der Waals surface area contributed by atoms with Crippen LogP contribution < -0.4 is 5.32 Å². The molecule has 1 saturated heterocycles. The molecule has 1 N–H and O–H groups in total. The average molecular weight is 181 g/mol. The number of amides is 3. The zero-order valence-corrected chi connectivity index (χ0v) is 7.25. The summed E-state index contributed by atoms with van der Waals surface area (Å²) in [6.45, 7) is 0.713. The molecular formula is C8H11N3O2. The van der Waals surface area contributed by atoms with Crippen LogP contribution in [0.25, 0.3) is 0 Å². The molecule has 0 atom stereocenters. The first-order valence-corrected chi connectivity index (χ1v) is 4.20. The Morgan fingerprint density at radius 3 is 2.77 bits per heavy atom. The fraction of sp³-hybridized carbons (Fsp3) is 0.625. The Bertz CT molecular complexity index is 257. The fourth-order valence-corrected chi connectivity index (χ4v) is 1.17. The summed E-state index contributed by atoms with van der Waals surface area (Å²) in [6, 6.07) is 1.71. The highest BCUT2D eigenvalue weighted by atomic mass is 16.2. The number of hydrogen-bond acceptors (Lipinski definition) is 3. The number of carbonyl (C=O) groups is 2. The molecule has 0 aromatic carbocycles. The molecule has 0 aromatic rings. The maximum atomic E-state index is 11.0. The quantitative estimate of drug-likeness (QED) is 0.498. The van der Waals surface area contributed by atoms with Gasteiger partial charge in [-0.15, -0.1) is 0 Å². The van der Waals surface area contributed by atoms with Gasteiger partial charge < -0.3 is 4.90 Å². The van der Waals surface area contributed by atoms with Gasteiger partial charge in [-0.25, -0.2) is 4.79 Å². The van der Waals surface area contributed by atoms with Crippen molar-refractivity contribution in [2.75, 3.05) is 13.1 Å². The highest BCUT2D eigenvalue weighted by molar-refractivity contribution is 6.01. The standard InChI is InChI=1S/C8H11N3O2/c9-4-2-1-3-5-11-6-7(12)10-8(11)13/h1-3,5-6H2,(H,10,12,13). The van der Waals surface area contributed by atoms with Crippen LogP contribution in [0.2, 0.25) is 0 Å². The van der Waals surface area contributed by atoms with Gasteiger partial charge >= 0.3 is 6.03 Å². The van der Waals surface area contributed by atoms with E-state index in [1.807, 2.05) is 6.07 Å². The molecule has 1 fully saturated rings. The Kier molecular flexibility index (Phi) is 3.26. The molecule has 0 radical (unpaired) electrons. The van der Waals surface area contributed by atoms with Gasteiger partial charge in [-0.1, -0.05) is 0 Å². The predicted octanol–water partition coefficient (Wildman–Crippen LogP) is 0.232. The smallest absolute Gasteiger partial charge is 0.315 e. The molecule has 1 heterocycles. The molecule has 3 amide bonds. The van der Waals surface area contributed by atoms with Crippen molar-refractivity contribution in [3.8, 4) is 6.07 Å². The van der Waals surface area contributed by atoms with Crippen molar-refractivity contribution in [2.45, 2.75) is 19.3 Å². The molecule has 70 valence electrons. The van der Waals surface area contributed by atoms with Crippen LogP contribution in [-0.4, -0.2) is 29.9 Å². The van der Waals surface area contributed by atoms with Crippen LogP contribution in [0.4, 0.5) is 4.79 Å². The summed E-state index contributed by atoms with van der Waals surface area (Å²) >= 11 is 0. The van der Waals surface area contributed by atoms with Gasteiger partial charge in [-0.2, -0.15) is 5.26 Å². The molecule has 5 nitrogen and oxygen atoms in total. The molecule has 0 spiro atoms. The van der Waals surface area contributed by atoms with Gasteiger partial charge in [0.05, 0.1) is 6.07 Å². The van der Waals surface area contributed by atoms with Crippen LogP contribution in [0, 0.1) is 11.3 Å². The van der Waals surface area contributed by atoms with Crippen LogP contribution in [-0.2, 0) is 4.79 Å². The van der Waals surface area contributed by atoms with Gasteiger partial charge in [0, 0.05) is 13.0 Å². The first-order chi connectivity index (χ1) is 6.24. The van der Waals surface area contributed by atoms with E-state index in [9.17, 15) is 9.59 Å². The van der Waals surface area contributed by atoms with Gasteiger partial charge in [0.2, 0.25) is 5.91 Å². The van der Waals surface area contributed by atoms with Crippen LogP contribution in [0.5, 0.6) is 0 Å². The van der Waals surface area contributed by atoms with Crippen molar-refractivity contribution in [3.63, 3.8) is 0 Å². The molecule has 5 heteroatoms. The second-order valence-corrected chi connectivity index (χ2v) is 2.89. The molecule has 1 aliphatic heterocycles. The zero-order chi connectivity index (χ0) is 9.68. The van der Waals surface area contributed by atoms with Crippen molar-refractivity contribution < 1.29 is 9.59 Å². The van der Waals surface area contributed by atoms with E-state index in [4.69, 9.17) is 5.26 Å². The largest absolute Gasteiger partial charge is 0.324 e. The molecule has 0 aromatic heterocycles. The van der Waals surface area contributed by atoms with E-state index in [1.165, 1.54) is 4.90 Å². The van der Waals surface area contributed by atoms with E-state index in [-0.39, 0.29) is 18.5 Å². The number of urea groups is 1. The van der Waals surface area contributed by atoms with Crippen molar-refractivity contribution in [3.05, 3.63) is 0 Å². The monoisotopic (exact) mass is 181 g/mol. The van der Waals surface area contributed by atoms with Crippen LogP contribution in [0.3, 0.4) is 0 Å². The number of nitriles is 1. The van der Waals surface area contributed by atoms with Crippen molar-refractivity contribution in [2.24, 2.45) is 0 Å². The Morgan fingerprint density at radius 2 is 2.23 bits per heavy atom. The molecule has 13 heavy (non-hydrogen) atoms. The van der Waals surface area contributed by atoms with Crippen LogP contribution >= 0.6 is 0 Å². The first kappa shape index (κ1) is 9.52. The minimum atomic E-state index is -0.318.